The van der Waals surface area contributed by atoms with E-state index in [-0.39, 0.29) is 18.4 Å². The largest absolute Gasteiger partial charge is 0.342 e. The standard InChI is InChI=1S/C13H23N3O2/c1-3-5-13(6-4-7-14-13)12(18)16-9-8-15(2)11(17)10-16/h14H,3-10H2,1-2H3. The molecule has 18 heavy (non-hydrogen) atoms. The lowest BCUT2D eigenvalue weighted by molar-refractivity contribution is -0.148. The summed E-state index contributed by atoms with van der Waals surface area (Å²) in [5, 5.41) is 3.38. The summed E-state index contributed by atoms with van der Waals surface area (Å²) in [5.41, 5.74) is -0.398. The Kier molecular flexibility index (Phi) is 3.90. The second-order valence-electron chi connectivity index (χ2n) is 5.40. The third-order valence-electron chi connectivity index (χ3n) is 4.07. The van der Waals surface area contributed by atoms with Crippen LogP contribution in [0.3, 0.4) is 0 Å². The highest BCUT2D eigenvalue weighted by Crippen LogP contribution is 2.27. The number of likely N-dealkylation sites (N-methyl/N-ethyl adjacent to an activating group) is 1. The number of hydrogen-bond donors (Lipinski definition) is 1. The molecule has 102 valence electrons. The molecule has 1 unspecified atom stereocenters. The maximum atomic E-state index is 12.7. The normalized spacial score (nSPS) is 28.9. The minimum atomic E-state index is -0.398. The van der Waals surface area contributed by atoms with Gasteiger partial charge in [0.2, 0.25) is 11.8 Å². The molecule has 5 nitrogen and oxygen atoms in total. The number of piperazine rings is 1. The summed E-state index contributed by atoms with van der Waals surface area (Å²) in [6.07, 6.45) is 3.81. The highest BCUT2D eigenvalue weighted by Gasteiger charge is 2.43. The molecule has 2 fully saturated rings. The zero-order valence-corrected chi connectivity index (χ0v) is 11.4. The van der Waals surface area contributed by atoms with Gasteiger partial charge < -0.3 is 15.1 Å². The molecule has 0 saturated carbocycles. The van der Waals surface area contributed by atoms with E-state index in [1.54, 1.807) is 16.8 Å². The van der Waals surface area contributed by atoms with Crippen LogP contribution in [0, 0.1) is 0 Å². The minimum absolute atomic E-state index is 0.0410. The van der Waals surface area contributed by atoms with Gasteiger partial charge in [-0.05, 0) is 25.8 Å². The Morgan fingerprint density at radius 3 is 2.78 bits per heavy atom. The van der Waals surface area contributed by atoms with Crippen molar-refractivity contribution in [2.45, 2.75) is 38.1 Å². The molecule has 0 radical (unpaired) electrons. The zero-order chi connectivity index (χ0) is 13.2. The average Bonchev–Trinajstić information content (AvgIpc) is 2.82. The van der Waals surface area contributed by atoms with Crippen LogP contribution >= 0.6 is 0 Å². The van der Waals surface area contributed by atoms with Gasteiger partial charge in [-0.3, -0.25) is 9.59 Å². The Hall–Kier alpha value is -1.10. The Morgan fingerprint density at radius 1 is 1.44 bits per heavy atom. The summed E-state index contributed by atoms with van der Waals surface area (Å²) in [7, 11) is 1.79. The molecule has 5 heteroatoms. The van der Waals surface area contributed by atoms with Crippen LogP contribution in [0.5, 0.6) is 0 Å². The first-order valence-electron chi connectivity index (χ1n) is 6.87. The van der Waals surface area contributed by atoms with E-state index in [1.807, 2.05) is 0 Å². The average molecular weight is 253 g/mol. The SMILES string of the molecule is CCCC1(C(=O)N2CCN(C)C(=O)C2)CCCN1. The molecule has 2 aliphatic heterocycles. The second-order valence-corrected chi connectivity index (χ2v) is 5.40. The van der Waals surface area contributed by atoms with Gasteiger partial charge in [-0.25, -0.2) is 0 Å². The van der Waals surface area contributed by atoms with E-state index < -0.39 is 5.54 Å². The predicted molar refractivity (Wildman–Crippen MR) is 69.1 cm³/mol. The summed E-state index contributed by atoms with van der Waals surface area (Å²) in [4.78, 5) is 27.8. The van der Waals surface area contributed by atoms with Gasteiger partial charge >= 0.3 is 0 Å². The van der Waals surface area contributed by atoms with Gasteiger partial charge in [0.1, 0.15) is 0 Å². The Labute approximate surface area is 108 Å². The van der Waals surface area contributed by atoms with Gasteiger partial charge in [-0.2, -0.15) is 0 Å². The lowest BCUT2D eigenvalue weighted by Crippen LogP contribution is -2.60. The van der Waals surface area contributed by atoms with E-state index in [1.165, 1.54) is 0 Å². The van der Waals surface area contributed by atoms with Crippen molar-refractivity contribution in [3.8, 4) is 0 Å². The second kappa shape index (κ2) is 5.26. The van der Waals surface area contributed by atoms with E-state index in [0.29, 0.717) is 13.1 Å². The van der Waals surface area contributed by atoms with Crippen molar-refractivity contribution in [1.82, 2.24) is 15.1 Å². The van der Waals surface area contributed by atoms with Gasteiger partial charge in [-0.15, -0.1) is 0 Å². The monoisotopic (exact) mass is 253 g/mol. The van der Waals surface area contributed by atoms with Gasteiger partial charge in [0.05, 0.1) is 12.1 Å². The van der Waals surface area contributed by atoms with Crippen molar-refractivity contribution in [3.63, 3.8) is 0 Å². The van der Waals surface area contributed by atoms with Crippen molar-refractivity contribution in [3.05, 3.63) is 0 Å². The molecule has 0 spiro atoms. The maximum absolute atomic E-state index is 12.7. The van der Waals surface area contributed by atoms with Crippen LogP contribution in [0.4, 0.5) is 0 Å². The first kappa shape index (κ1) is 13.3. The molecule has 0 aromatic rings. The van der Waals surface area contributed by atoms with Crippen LogP contribution in [-0.2, 0) is 9.59 Å². The summed E-state index contributed by atoms with van der Waals surface area (Å²) in [6.45, 7) is 4.56. The van der Waals surface area contributed by atoms with Crippen LogP contribution in [0.15, 0.2) is 0 Å². The van der Waals surface area contributed by atoms with Crippen LogP contribution in [0.1, 0.15) is 32.6 Å². The fraction of sp³-hybridized carbons (Fsp3) is 0.846. The van der Waals surface area contributed by atoms with Gasteiger partial charge in [0, 0.05) is 20.1 Å². The number of amides is 2. The molecular formula is C13H23N3O2. The van der Waals surface area contributed by atoms with Crippen molar-refractivity contribution < 1.29 is 9.59 Å². The molecule has 2 aliphatic rings. The van der Waals surface area contributed by atoms with Gasteiger partial charge in [0.25, 0.3) is 0 Å². The molecule has 0 aromatic heterocycles. The molecule has 2 heterocycles. The highest BCUT2D eigenvalue weighted by molar-refractivity contribution is 5.91. The van der Waals surface area contributed by atoms with E-state index in [4.69, 9.17) is 0 Å². The van der Waals surface area contributed by atoms with Gasteiger partial charge in [0.15, 0.2) is 0 Å². The van der Waals surface area contributed by atoms with Crippen LogP contribution in [-0.4, -0.2) is 60.4 Å². The topological polar surface area (TPSA) is 52.7 Å². The third-order valence-corrected chi connectivity index (χ3v) is 4.07. The lowest BCUT2D eigenvalue weighted by Gasteiger charge is -2.38. The van der Waals surface area contributed by atoms with Crippen molar-refractivity contribution in [2.24, 2.45) is 0 Å². The quantitative estimate of drug-likeness (QED) is 0.782. The maximum Gasteiger partial charge on any atom is 0.243 e. The summed E-state index contributed by atoms with van der Waals surface area (Å²) in [6, 6.07) is 0. The zero-order valence-electron chi connectivity index (χ0n) is 11.4. The van der Waals surface area contributed by atoms with E-state index in [0.717, 1.165) is 32.2 Å². The fourth-order valence-corrected chi connectivity index (χ4v) is 2.97. The predicted octanol–water partition coefficient (Wildman–Crippen LogP) is 0.209. The highest BCUT2D eigenvalue weighted by atomic mass is 16.2. The molecule has 1 N–H and O–H groups in total. The van der Waals surface area contributed by atoms with Crippen LogP contribution < -0.4 is 5.32 Å². The Balaban J connectivity index is 2.07. The lowest BCUT2D eigenvalue weighted by atomic mass is 9.90. The van der Waals surface area contributed by atoms with Crippen molar-refractivity contribution in [1.29, 1.82) is 0 Å². The van der Waals surface area contributed by atoms with Crippen LogP contribution in [0.25, 0.3) is 0 Å². The van der Waals surface area contributed by atoms with Crippen molar-refractivity contribution >= 4 is 11.8 Å². The summed E-state index contributed by atoms with van der Waals surface area (Å²) in [5.74, 6) is 0.169. The first-order chi connectivity index (χ1) is 8.59. The first-order valence-corrected chi connectivity index (χ1v) is 6.87. The summed E-state index contributed by atoms with van der Waals surface area (Å²) < 4.78 is 0. The van der Waals surface area contributed by atoms with Gasteiger partial charge in [-0.1, -0.05) is 13.3 Å². The number of carbonyl (C=O) groups excluding carboxylic acids is 2. The fourth-order valence-electron chi connectivity index (χ4n) is 2.97. The number of rotatable bonds is 3. The molecule has 2 saturated heterocycles. The van der Waals surface area contributed by atoms with E-state index in [2.05, 4.69) is 12.2 Å². The smallest absolute Gasteiger partial charge is 0.243 e. The van der Waals surface area contributed by atoms with E-state index >= 15 is 0 Å². The summed E-state index contributed by atoms with van der Waals surface area (Å²) >= 11 is 0. The number of carbonyl (C=O) groups is 2. The van der Waals surface area contributed by atoms with Crippen LogP contribution in [0.2, 0.25) is 0 Å². The minimum Gasteiger partial charge on any atom is -0.342 e. The molecule has 0 bridgehead atoms. The Bertz CT molecular complexity index is 337. The van der Waals surface area contributed by atoms with Crippen molar-refractivity contribution in [2.75, 3.05) is 33.2 Å². The third kappa shape index (κ3) is 2.36. The number of hydrogen-bond acceptors (Lipinski definition) is 3. The van der Waals surface area contributed by atoms with E-state index in [9.17, 15) is 9.59 Å². The molecule has 0 aliphatic carbocycles. The Morgan fingerprint density at radius 2 is 2.22 bits per heavy atom. The molecule has 1 atom stereocenters. The molecular weight excluding hydrogens is 230 g/mol. The molecule has 2 rings (SSSR count). The molecule has 0 aromatic carbocycles. The number of nitrogens with zero attached hydrogens (tertiary/aromatic N) is 2. The molecule has 2 amide bonds. The number of nitrogens with one attached hydrogen (secondary N) is 1.